The molecule has 1 N–H and O–H groups in total. The molecule has 1 atom stereocenters. The molecule has 6 heteroatoms. The predicted octanol–water partition coefficient (Wildman–Crippen LogP) is 1.86. The van der Waals surface area contributed by atoms with E-state index in [1.807, 2.05) is 4.90 Å². The van der Waals surface area contributed by atoms with E-state index >= 15 is 0 Å². The minimum Gasteiger partial charge on any atom is -0.342 e. The molecule has 0 aromatic carbocycles. The van der Waals surface area contributed by atoms with Crippen molar-refractivity contribution in [1.82, 2.24) is 25.1 Å². The van der Waals surface area contributed by atoms with Gasteiger partial charge in [-0.15, -0.1) is 0 Å². The van der Waals surface area contributed by atoms with Gasteiger partial charge < -0.3 is 4.90 Å². The summed E-state index contributed by atoms with van der Waals surface area (Å²) >= 11 is 0. The topological polar surface area (TPSA) is 74.8 Å². The largest absolute Gasteiger partial charge is 0.342 e. The van der Waals surface area contributed by atoms with Crippen LogP contribution in [0.2, 0.25) is 0 Å². The molecule has 21 heavy (non-hydrogen) atoms. The minimum absolute atomic E-state index is 0.280. The summed E-state index contributed by atoms with van der Waals surface area (Å²) in [5.41, 5.74) is 2.54. The van der Waals surface area contributed by atoms with Crippen molar-refractivity contribution in [2.45, 2.75) is 38.0 Å². The summed E-state index contributed by atoms with van der Waals surface area (Å²) in [4.78, 5) is 23.1. The Bertz CT molecular complexity index is 663. The third-order valence-electron chi connectivity index (χ3n) is 4.81. The van der Waals surface area contributed by atoms with Gasteiger partial charge in [-0.1, -0.05) is 6.42 Å². The quantitative estimate of drug-likeness (QED) is 0.914. The maximum Gasteiger partial charge on any atom is 0.225 e. The maximum absolute atomic E-state index is 12.4. The van der Waals surface area contributed by atoms with Crippen molar-refractivity contribution >= 4 is 17.1 Å². The Kier molecular flexibility index (Phi) is 3.09. The van der Waals surface area contributed by atoms with Gasteiger partial charge in [0.1, 0.15) is 5.52 Å². The number of likely N-dealkylation sites (tertiary alicyclic amines) is 1. The van der Waals surface area contributed by atoms with Crippen LogP contribution < -0.4 is 0 Å². The van der Waals surface area contributed by atoms with Gasteiger partial charge >= 0.3 is 0 Å². The zero-order valence-electron chi connectivity index (χ0n) is 12.0. The molecule has 1 saturated carbocycles. The summed E-state index contributed by atoms with van der Waals surface area (Å²) in [5.74, 6) is 0.924. The molecule has 1 saturated heterocycles. The van der Waals surface area contributed by atoms with Crippen LogP contribution in [-0.4, -0.2) is 44.1 Å². The molecule has 0 radical (unpaired) electrons. The van der Waals surface area contributed by atoms with Crippen LogP contribution in [0.25, 0.3) is 11.2 Å². The lowest BCUT2D eigenvalue weighted by atomic mass is 9.83. The van der Waals surface area contributed by atoms with E-state index in [0.717, 1.165) is 50.0 Å². The molecule has 4 rings (SSSR count). The fraction of sp³-hybridized carbons (Fsp3) is 0.600. The lowest BCUT2D eigenvalue weighted by Crippen LogP contribution is -2.44. The molecule has 2 fully saturated rings. The predicted molar refractivity (Wildman–Crippen MR) is 77.6 cm³/mol. The highest BCUT2D eigenvalue weighted by molar-refractivity contribution is 5.80. The molecular formula is C15H19N5O. The van der Waals surface area contributed by atoms with Crippen molar-refractivity contribution in [3.8, 4) is 0 Å². The summed E-state index contributed by atoms with van der Waals surface area (Å²) < 4.78 is 0. The van der Waals surface area contributed by atoms with E-state index in [1.165, 1.54) is 6.42 Å². The molecule has 1 aliphatic carbocycles. The average molecular weight is 285 g/mol. The van der Waals surface area contributed by atoms with Crippen LogP contribution in [0.5, 0.6) is 0 Å². The fourth-order valence-corrected chi connectivity index (χ4v) is 3.38. The Morgan fingerprint density at radius 2 is 2.05 bits per heavy atom. The van der Waals surface area contributed by atoms with Crippen LogP contribution in [0.4, 0.5) is 0 Å². The molecule has 0 spiro atoms. The summed E-state index contributed by atoms with van der Waals surface area (Å²) in [6.45, 7) is 1.67. The summed E-state index contributed by atoms with van der Waals surface area (Å²) in [6.07, 6.45) is 8.80. The van der Waals surface area contributed by atoms with Gasteiger partial charge in [0.05, 0.1) is 5.69 Å². The van der Waals surface area contributed by atoms with E-state index in [2.05, 4.69) is 20.2 Å². The SMILES string of the molecule is O=C(C1CCC1)N1CCCC(c2[nH]nc3nccnc23)C1. The maximum atomic E-state index is 12.4. The first-order chi connectivity index (χ1) is 10.3. The number of carbonyl (C=O) groups excluding carboxylic acids is 1. The van der Waals surface area contributed by atoms with Crippen LogP contribution in [0.3, 0.4) is 0 Å². The second-order valence-corrected chi connectivity index (χ2v) is 6.12. The highest BCUT2D eigenvalue weighted by Gasteiger charge is 2.33. The average Bonchev–Trinajstić information content (AvgIpc) is 2.89. The third-order valence-corrected chi connectivity index (χ3v) is 4.81. The fourth-order valence-electron chi connectivity index (χ4n) is 3.38. The molecule has 110 valence electrons. The Labute approximate surface area is 123 Å². The molecule has 2 aromatic heterocycles. The standard InChI is InChI=1S/C15H19N5O/c21-15(10-3-1-4-10)20-8-2-5-11(9-20)12-13-14(19-18-12)17-7-6-16-13/h6-7,10-11H,1-5,8-9H2,(H,17,18,19). The van der Waals surface area contributed by atoms with Crippen molar-refractivity contribution in [2.75, 3.05) is 13.1 Å². The molecular weight excluding hydrogens is 266 g/mol. The van der Waals surface area contributed by atoms with Gasteiger partial charge in [-0.3, -0.25) is 9.89 Å². The first kappa shape index (κ1) is 12.7. The number of amides is 1. The van der Waals surface area contributed by atoms with Crippen LogP contribution in [0.15, 0.2) is 12.4 Å². The van der Waals surface area contributed by atoms with Crippen LogP contribution in [0.1, 0.15) is 43.7 Å². The van der Waals surface area contributed by atoms with E-state index in [-0.39, 0.29) is 5.92 Å². The van der Waals surface area contributed by atoms with Gasteiger partial charge in [0, 0.05) is 37.3 Å². The Balaban J connectivity index is 1.56. The number of aromatic nitrogens is 4. The van der Waals surface area contributed by atoms with Crippen LogP contribution in [0, 0.1) is 5.92 Å². The summed E-state index contributed by atoms with van der Waals surface area (Å²) in [5, 5.41) is 7.31. The zero-order valence-corrected chi connectivity index (χ0v) is 12.0. The van der Waals surface area contributed by atoms with Gasteiger partial charge in [0.15, 0.2) is 5.65 Å². The van der Waals surface area contributed by atoms with Crippen molar-refractivity contribution in [1.29, 1.82) is 0 Å². The molecule has 3 heterocycles. The highest BCUT2D eigenvalue weighted by atomic mass is 16.2. The minimum atomic E-state index is 0.280. The Morgan fingerprint density at radius 3 is 2.86 bits per heavy atom. The van der Waals surface area contributed by atoms with Crippen molar-refractivity contribution in [3.63, 3.8) is 0 Å². The first-order valence-electron chi connectivity index (χ1n) is 7.76. The molecule has 6 nitrogen and oxygen atoms in total. The number of rotatable bonds is 2. The Hall–Kier alpha value is -1.98. The number of carbonyl (C=O) groups is 1. The normalized spacial score (nSPS) is 23.2. The van der Waals surface area contributed by atoms with Gasteiger partial charge in [0.25, 0.3) is 0 Å². The van der Waals surface area contributed by atoms with E-state index in [4.69, 9.17) is 0 Å². The number of aromatic amines is 1. The number of H-pyrrole nitrogens is 1. The van der Waals surface area contributed by atoms with Crippen LogP contribution >= 0.6 is 0 Å². The molecule has 2 aromatic rings. The second kappa shape index (κ2) is 5.09. The first-order valence-corrected chi connectivity index (χ1v) is 7.76. The van der Waals surface area contributed by atoms with Crippen LogP contribution in [-0.2, 0) is 4.79 Å². The highest BCUT2D eigenvalue weighted by Crippen LogP contribution is 2.33. The van der Waals surface area contributed by atoms with Crippen molar-refractivity contribution in [2.24, 2.45) is 5.92 Å². The monoisotopic (exact) mass is 285 g/mol. The molecule has 1 amide bonds. The number of piperidine rings is 1. The van der Waals surface area contributed by atoms with Crippen molar-refractivity contribution < 1.29 is 4.79 Å². The number of hydrogen-bond acceptors (Lipinski definition) is 4. The number of nitrogens with zero attached hydrogens (tertiary/aromatic N) is 4. The molecule has 1 unspecified atom stereocenters. The molecule has 0 bridgehead atoms. The van der Waals surface area contributed by atoms with E-state index in [0.29, 0.717) is 17.5 Å². The lowest BCUT2D eigenvalue weighted by Gasteiger charge is -2.36. The number of fused-ring (bicyclic) bond motifs is 1. The summed E-state index contributed by atoms with van der Waals surface area (Å²) in [6, 6.07) is 0. The zero-order chi connectivity index (χ0) is 14.2. The second-order valence-electron chi connectivity index (χ2n) is 6.12. The van der Waals surface area contributed by atoms with Gasteiger partial charge in [0.2, 0.25) is 5.91 Å². The van der Waals surface area contributed by atoms with E-state index < -0.39 is 0 Å². The lowest BCUT2D eigenvalue weighted by molar-refractivity contribution is -0.139. The van der Waals surface area contributed by atoms with Gasteiger partial charge in [-0.25, -0.2) is 9.97 Å². The van der Waals surface area contributed by atoms with E-state index in [1.54, 1.807) is 12.4 Å². The Morgan fingerprint density at radius 1 is 1.19 bits per heavy atom. The van der Waals surface area contributed by atoms with Crippen molar-refractivity contribution in [3.05, 3.63) is 18.1 Å². The smallest absolute Gasteiger partial charge is 0.225 e. The van der Waals surface area contributed by atoms with Gasteiger partial charge in [-0.05, 0) is 25.7 Å². The van der Waals surface area contributed by atoms with E-state index in [9.17, 15) is 4.79 Å². The molecule has 2 aliphatic rings. The number of nitrogens with one attached hydrogen (secondary N) is 1. The molecule has 1 aliphatic heterocycles. The third kappa shape index (κ3) is 2.18. The summed E-state index contributed by atoms with van der Waals surface area (Å²) in [7, 11) is 0. The number of hydrogen-bond donors (Lipinski definition) is 1. The van der Waals surface area contributed by atoms with Gasteiger partial charge in [-0.2, -0.15) is 5.10 Å².